The van der Waals surface area contributed by atoms with Crippen LogP contribution in [-0.4, -0.2) is 45.3 Å². The molecule has 38 heavy (non-hydrogen) atoms. The Morgan fingerprint density at radius 2 is 1.79 bits per heavy atom. The second-order valence-corrected chi connectivity index (χ2v) is 9.38. The van der Waals surface area contributed by atoms with Crippen molar-refractivity contribution in [3.8, 4) is 28.5 Å². The molecule has 0 amide bonds. The van der Waals surface area contributed by atoms with Gasteiger partial charge in [0, 0.05) is 55.1 Å². The fraction of sp³-hybridized carbons (Fsp3) is 0.233. The number of aldehydes is 1. The first kappa shape index (κ1) is 25.2. The summed E-state index contributed by atoms with van der Waals surface area (Å²) < 4.78 is 0. The Balaban J connectivity index is 1.27. The molecule has 4 aromatic rings. The third-order valence-electron chi connectivity index (χ3n) is 6.87. The third-order valence-corrected chi connectivity index (χ3v) is 6.87. The van der Waals surface area contributed by atoms with Crippen molar-refractivity contribution < 1.29 is 4.79 Å². The number of rotatable bonds is 8. The lowest BCUT2D eigenvalue weighted by atomic mass is 9.96. The molecule has 8 heteroatoms. The second kappa shape index (κ2) is 11.7. The number of nitrogens with zero attached hydrogens (tertiary/aromatic N) is 5. The Hall–Kier alpha value is -4.45. The summed E-state index contributed by atoms with van der Waals surface area (Å²) >= 11 is 0. The van der Waals surface area contributed by atoms with Gasteiger partial charge in [-0.25, -0.2) is 9.97 Å². The minimum atomic E-state index is 0.181. The van der Waals surface area contributed by atoms with Crippen LogP contribution in [0.15, 0.2) is 72.9 Å². The van der Waals surface area contributed by atoms with Gasteiger partial charge in [0.15, 0.2) is 6.29 Å². The first-order valence-corrected chi connectivity index (χ1v) is 12.7. The van der Waals surface area contributed by atoms with Crippen LogP contribution in [0, 0.1) is 11.3 Å². The highest BCUT2D eigenvalue weighted by atomic mass is 16.1. The van der Waals surface area contributed by atoms with Gasteiger partial charge in [-0.1, -0.05) is 54.6 Å². The number of anilines is 1. The third kappa shape index (κ3) is 5.75. The van der Waals surface area contributed by atoms with Crippen molar-refractivity contribution in [1.29, 1.82) is 5.26 Å². The summed E-state index contributed by atoms with van der Waals surface area (Å²) in [7, 11) is 0. The van der Waals surface area contributed by atoms with E-state index in [2.05, 4.69) is 44.5 Å². The molecule has 0 unspecified atom stereocenters. The number of aromatic nitrogens is 3. The number of pyridine rings is 1. The normalized spacial score (nSPS) is 14.1. The van der Waals surface area contributed by atoms with E-state index in [1.54, 1.807) is 12.3 Å². The van der Waals surface area contributed by atoms with Crippen LogP contribution in [0.25, 0.3) is 22.4 Å². The monoisotopic (exact) mass is 503 g/mol. The number of nitrogens with two attached hydrogens (primary N) is 1. The molecule has 1 aliphatic heterocycles. The lowest BCUT2D eigenvalue weighted by molar-refractivity contribution is 0.112. The van der Waals surface area contributed by atoms with E-state index in [-0.39, 0.29) is 12.4 Å². The number of carbonyl (C=O) groups is 1. The van der Waals surface area contributed by atoms with Gasteiger partial charge in [0.25, 0.3) is 0 Å². The number of benzene rings is 2. The summed E-state index contributed by atoms with van der Waals surface area (Å²) in [4.78, 5) is 27.1. The van der Waals surface area contributed by atoms with Crippen LogP contribution < -0.4 is 11.1 Å². The minimum absolute atomic E-state index is 0.181. The van der Waals surface area contributed by atoms with E-state index >= 15 is 0 Å². The van der Waals surface area contributed by atoms with E-state index in [0.29, 0.717) is 23.1 Å². The van der Waals surface area contributed by atoms with Crippen LogP contribution in [0.2, 0.25) is 0 Å². The van der Waals surface area contributed by atoms with Crippen molar-refractivity contribution in [2.75, 3.05) is 18.4 Å². The Kier molecular flexibility index (Phi) is 7.78. The van der Waals surface area contributed by atoms with E-state index in [1.165, 1.54) is 5.56 Å². The molecule has 190 valence electrons. The second-order valence-electron chi connectivity index (χ2n) is 9.38. The molecule has 0 atom stereocenters. The average molecular weight is 504 g/mol. The molecular weight excluding hydrogens is 474 g/mol. The van der Waals surface area contributed by atoms with Crippen LogP contribution in [0.1, 0.15) is 40.3 Å². The summed E-state index contributed by atoms with van der Waals surface area (Å²) in [6.45, 7) is 3.02. The van der Waals surface area contributed by atoms with Crippen LogP contribution in [0.3, 0.4) is 0 Å². The summed E-state index contributed by atoms with van der Waals surface area (Å²) in [5, 5.41) is 12.4. The van der Waals surface area contributed by atoms with E-state index < -0.39 is 0 Å². The predicted octanol–water partition coefficient (Wildman–Crippen LogP) is 4.42. The molecule has 2 aromatic carbocycles. The van der Waals surface area contributed by atoms with Crippen molar-refractivity contribution >= 4 is 12.1 Å². The number of piperidine rings is 1. The molecule has 3 heterocycles. The summed E-state index contributed by atoms with van der Waals surface area (Å²) in [6.07, 6.45) is 4.43. The van der Waals surface area contributed by atoms with E-state index in [0.717, 1.165) is 61.1 Å². The fourth-order valence-electron chi connectivity index (χ4n) is 4.85. The zero-order chi connectivity index (χ0) is 26.3. The topological polar surface area (TPSA) is 121 Å². The Morgan fingerprint density at radius 1 is 1.03 bits per heavy atom. The molecule has 2 aromatic heterocycles. The van der Waals surface area contributed by atoms with Gasteiger partial charge in [0.05, 0.1) is 11.4 Å². The van der Waals surface area contributed by atoms with Crippen molar-refractivity contribution in [2.24, 2.45) is 5.73 Å². The highest BCUT2D eigenvalue weighted by Gasteiger charge is 2.20. The molecule has 0 bridgehead atoms. The smallest absolute Gasteiger partial charge is 0.234 e. The quantitative estimate of drug-likeness (QED) is 0.339. The number of carbonyl (C=O) groups excluding carboxylic acids is 1. The van der Waals surface area contributed by atoms with Crippen molar-refractivity contribution in [1.82, 2.24) is 19.9 Å². The summed E-state index contributed by atoms with van der Waals surface area (Å²) in [6, 6.07) is 24.5. The van der Waals surface area contributed by atoms with Gasteiger partial charge in [0.1, 0.15) is 11.9 Å². The van der Waals surface area contributed by atoms with Gasteiger partial charge >= 0.3 is 0 Å². The SMILES string of the molecule is N#Cc1nccc(NC2CCN(Cc3ccc(-c4nc(CN)c(C=O)cc4-c4ccccc4)cc3)CC2)n1. The van der Waals surface area contributed by atoms with Gasteiger partial charge in [-0.05, 0) is 36.1 Å². The minimum Gasteiger partial charge on any atom is -0.367 e. The van der Waals surface area contributed by atoms with Crippen LogP contribution in [-0.2, 0) is 13.1 Å². The number of hydrogen-bond acceptors (Lipinski definition) is 8. The lowest BCUT2D eigenvalue weighted by Gasteiger charge is -2.32. The number of likely N-dealkylation sites (tertiary alicyclic amines) is 1. The number of nitriles is 1. The largest absolute Gasteiger partial charge is 0.367 e. The maximum atomic E-state index is 11.7. The first-order valence-electron chi connectivity index (χ1n) is 12.7. The Bertz CT molecular complexity index is 1440. The van der Waals surface area contributed by atoms with E-state index in [9.17, 15) is 4.79 Å². The van der Waals surface area contributed by atoms with Gasteiger partial charge in [-0.2, -0.15) is 5.26 Å². The molecule has 0 spiro atoms. The molecule has 0 saturated carbocycles. The van der Waals surface area contributed by atoms with Gasteiger partial charge < -0.3 is 11.1 Å². The van der Waals surface area contributed by atoms with Gasteiger partial charge in [0.2, 0.25) is 5.82 Å². The fourth-order valence-corrected chi connectivity index (χ4v) is 4.85. The van der Waals surface area contributed by atoms with E-state index in [4.69, 9.17) is 16.0 Å². The van der Waals surface area contributed by atoms with Crippen LogP contribution in [0.5, 0.6) is 0 Å². The van der Waals surface area contributed by atoms with Gasteiger partial charge in [-0.15, -0.1) is 0 Å². The highest BCUT2D eigenvalue weighted by Crippen LogP contribution is 2.32. The summed E-state index contributed by atoms with van der Waals surface area (Å²) in [5.74, 6) is 0.883. The predicted molar refractivity (Wildman–Crippen MR) is 147 cm³/mol. The summed E-state index contributed by atoms with van der Waals surface area (Å²) in [5.41, 5.74) is 12.0. The number of hydrogen-bond donors (Lipinski definition) is 2. The molecule has 8 nitrogen and oxygen atoms in total. The Labute approximate surface area is 222 Å². The van der Waals surface area contributed by atoms with Crippen molar-refractivity contribution in [2.45, 2.75) is 32.0 Å². The van der Waals surface area contributed by atoms with Gasteiger partial charge in [-0.3, -0.25) is 14.7 Å². The molecule has 0 radical (unpaired) electrons. The molecule has 1 aliphatic rings. The van der Waals surface area contributed by atoms with Crippen LogP contribution in [0.4, 0.5) is 5.82 Å². The zero-order valence-corrected chi connectivity index (χ0v) is 21.0. The maximum Gasteiger partial charge on any atom is 0.234 e. The molecular formula is C30H29N7O. The highest BCUT2D eigenvalue weighted by molar-refractivity contribution is 5.87. The zero-order valence-electron chi connectivity index (χ0n) is 21.0. The van der Waals surface area contributed by atoms with Crippen LogP contribution >= 0.6 is 0 Å². The molecule has 0 aliphatic carbocycles. The maximum absolute atomic E-state index is 11.7. The van der Waals surface area contributed by atoms with Crippen molar-refractivity contribution in [3.05, 3.63) is 95.6 Å². The molecule has 1 fully saturated rings. The average Bonchev–Trinajstić information content (AvgIpc) is 2.98. The Morgan fingerprint density at radius 3 is 2.47 bits per heavy atom. The van der Waals surface area contributed by atoms with E-state index in [1.807, 2.05) is 42.5 Å². The van der Waals surface area contributed by atoms with Crippen molar-refractivity contribution in [3.63, 3.8) is 0 Å². The lowest BCUT2D eigenvalue weighted by Crippen LogP contribution is -2.38. The number of nitrogens with one attached hydrogen (secondary N) is 1. The standard InChI is InChI=1S/C30H29N7O/c31-17-27-24(20-38)16-26(22-4-2-1-3-5-22)30(35-27)23-8-6-21(7-9-23)19-37-14-11-25(12-15-37)34-28-10-13-33-29(18-32)36-28/h1-10,13,16,20,25H,11-12,14-15,17,19,31H2,(H,33,34,36). The molecule has 1 saturated heterocycles. The first-order chi connectivity index (χ1) is 18.7. The molecule has 3 N–H and O–H groups in total. The molecule has 5 rings (SSSR count).